The number of nitrogens with zero attached hydrogens (tertiary/aromatic N) is 1. The maximum atomic E-state index is 11.8. The molecule has 2 aliphatic heterocycles. The van der Waals surface area contributed by atoms with Gasteiger partial charge in [-0.25, -0.2) is 0 Å². The van der Waals surface area contributed by atoms with Crippen molar-refractivity contribution in [2.75, 3.05) is 26.2 Å². The molecule has 17 heavy (non-hydrogen) atoms. The zero-order chi connectivity index (χ0) is 11.7. The number of hydrogen-bond donors (Lipinski definition) is 2. The van der Waals surface area contributed by atoms with E-state index in [2.05, 4.69) is 27.7 Å². The van der Waals surface area contributed by atoms with E-state index in [1.807, 2.05) is 18.2 Å². The van der Waals surface area contributed by atoms with Crippen LogP contribution in [-0.4, -0.2) is 42.5 Å². The minimum absolute atomic E-state index is 0.167. The molecule has 1 atom stereocenters. The van der Waals surface area contributed by atoms with Gasteiger partial charge in [0.2, 0.25) is 5.91 Å². The molecule has 1 amide bonds. The number of nitrogens with one attached hydrogen (secondary N) is 2. The monoisotopic (exact) mass is 231 g/mol. The van der Waals surface area contributed by atoms with E-state index in [1.165, 1.54) is 5.56 Å². The summed E-state index contributed by atoms with van der Waals surface area (Å²) in [6.07, 6.45) is 0. The molecular weight excluding hydrogens is 214 g/mol. The van der Waals surface area contributed by atoms with Crippen molar-refractivity contribution in [1.29, 1.82) is 0 Å². The quantitative estimate of drug-likeness (QED) is 0.702. The van der Waals surface area contributed by atoms with Gasteiger partial charge in [0.15, 0.2) is 0 Å². The van der Waals surface area contributed by atoms with E-state index in [9.17, 15) is 4.79 Å². The summed E-state index contributed by atoms with van der Waals surface area (Å²) < 4.78 is 0. The Morgan fingerprint density at radius 2 is 2.06 bits per heavy atom. The van der Waals surface area contributed by atoms with Gasteiger partial charge in [0.25, 0.3) is 0 Å². The van der Waals surface area contributed by atoms with E-state index in [0.717, 1.165) is 32.7 Å². The molecule has 0 bridgehead atoms. The standard InChI is InChI=1S/C13H17N3O/c17-12-13(10-15-12)9-14-6-7-16(13)8-11-4-2-1-3-5-11/h1-5,14H,6-10H2,(H,15,17)/t13-/m0/s1. The van der Waals surface area contributed by atoms with Crippen molar-refractivity contribution in [2.24, 2.45) is 0 Å². The Bertz CT molecular complexity index is 420. The Kier molecular flexibility index (Phi) is 2.61. The summed E-state index contributed by atoms with van der Waals surface area (Å²) in [6, 6.07) is 10.3. The van der Waals surface area contributed by atoms with Gasteiger partial charge in [0, 0.05) is 32.7 Å². The van der Waals surface area contributed by atoms with Gasteiger partial charge in [0.1, 0.15) is 5.54 Å². The average molecular weight is 231 g/mol. The molecule has 4 heteroatoms. The molecule has 1 aromatic carbocycles. The molecule has 2 heterocycles. The highest BCUT2D eigenvalue weighted by Gasteiger charge is 2.51. The first-order valence-corrected chi connectivity index (χ1v) is 6.09. The van der Waals surface area contributed by atoms with Gasteiger partial charge in [0.05, 0.1) is 0 Å². The summed E-state index contributed by atoms with van der Waals surface area (Å²) >= 11 is 0. The molecule has 2 saturated heterocycles. The fraction of sp³-hybridized carbons (Fsp3) is 0.462. The van der Waals surface area contributed by atoms with Crippen molar-refractivity contribution < 1.29 is 4.79 Å². The number of amides is 1. The van der Waals surface area contributed by atoms with Gasteiger partial charge in [-0.15, -0.1) is 0 Å². The van der Waals surface area contributed by atoms with Crippen molar-refractivity contribution >= 4 is 5.91 Å². The number of β-lactam (4-membered cyclic amide) rings is 1. The van der Waals surface area contributed by atoms with Crippen LogP contribution in [0.2, 0.25) is 0 Å². The van der Waals surface area contributed by atoms with Crippen LogP contribution in [0.25, 0.3) is 0 Å². The van der Waals surface area contributed by atoms with Gasteiger partial charge < -0.3 is 10.6 Å². The Hall–Kier alpha value is -1.39. The summed E-state index contributed by atoms with van der Waals surface area (Å²) in [5, 5.41) is 6.19. The predicted octanol–water partition coefficient (Wildman–Crippen LogP) is -0.0396. The third-order valence-electron chi connectivity index (χ3n) is 3.76. The molecule has 0 aromatic heterocycles. The number of rotatable bonds is 2. The Balaban J connectivity index is 1.79. The number of piperazine rings is 1. The summed E-state index contributed by atoms with van der Waals surface area (Å²) in [5.74, 6) is 0.167. The van der Waals surface area contributed by atoms with Crippen LogP contribution in [0.15, 0.2) is 30.3 Å². The van der Waals surface area contributed by atoms with Crippen LogP contribution < -0.4 is 10.6 Å². The van der Waals surface area contributed by atoms with Crippen molar-refractivity contribution in [2.45, 2.75) is 12.1 Å². The second kappa shape index (κ2) is 4.13. The van der Waals surface area contributed by atoms with Gasteiger partial charge >= 0.3 is 0 Å². The van der Waals surface area contributed by atoms with Crippen molar-refractivity contribution in [3.05, 3.63) is 35.9 Å². The van der Waals surface area contributed by atoms with Crippen LogP contribution in [0.1, 0.15) is 5.56 Å². The third kappa shape index (κ3) is 1.73. The lowest BCUT2D eigenvalue weighted by Gasteiger charge is -2.51. The Morgan fingerprint density at radius 1 is 1.24 bits per heavy atom. The van der Waals surface area contributed by atoms with Crippen LogP contribution in [-0.2, 0) is 11.3 Å². The topological polar surface area (TPSA) is 44.4 Å². The van der Waals surface area contributed by atoms with Crippen LogP contribution >= 0.6 is 0 Å². The molecule has 0 saturated carbocycles. The molecule has 0 radical (unpaired) electrons. The summed E-state index contributed by atoms with van der Waals surface area (Å²) in [7, 11) is 0. The first kappa shape index (κ1) is 10.7. The zero-order valence-corrected chi connectivity index (χ0v) is 9.78. The first-order valence-electron chi connectivity index (χ1n) is 6.09. The van der Waals surface area contributed by atoms with E-state index in [4.69, 9.17) is 0 Å². The highest BCUT2D eigenvalue weighted by molar-refractivity contribution is 5.93. The van der Waals surface area contributed by atoms with Gasteiger partial charge in [-0.1, -0.05) is 30.3 Å². The van der Waals surface area contributed by atoms with E-state index in [-0.39, 0.29) is 11.4 Å². The van der Waals surface area contributed by atoms with E-state index < -0.39 is 0 Å². The number of carbonyl (C=O) groups is 1. The van der Waals surface area contributed by atoms with Crippen molar-refractivity contribution in [1.82, 2.24) is 15.5 Å². The number of carbonyl (C=O) groups excluding carboxylic acids is 1. The molecule has 1 spiro atoms. The van der Waals surface area contributed by atoms with Crippen molar-refractivity contribution in [3.8, 4) is 0 Å². The average Bonchev–Trinajstić information content (AvgIpc) is 2.39. The van der Waals surface area contributed by atoms with Crippen LogP contribution in [0, 0.1) is 0 Å². The van der Waals surface area contributed by atoms with Crippen LogP contribution in [0.5, 0.6) is 0 Å². The summed E-state index contributed by atoms with van der Waals surface area (Å²) in [5.41, 5.74) is 0.974. The van der Waals surface area contributed by atoms with E-state index >= 15 is 0 Å². The molecule has 90 valence electrons. The van der Waals surface area contributed by atoms with Crippen LogP contribution in [0.4, 0.5) is 0 Å². The lowest BCUT2D eigenvalue weighted by Crippen LogP contribution is -2.78. The highest BCUT2D eigenvalue weighted by atomic mass is 16.2. The molecular formula is C13H17N3O. The fourth-order valence-corrected chi connectivity index (χ4v) is 2.63. The van der Waals surface area contributed by atoms with E-state index in [1.54, 1.807) is 0 Å². The number of hydrogen-bond acceptors (Lipinski definition) is 3. The molecule has 0 aliphatic carbocycles. The minimum Gasteiger partial charge on any atom is -0.352 e. The Morgan fingerprint density at radius 3 is 2.71 bits per heavy atom. The normalized spacial score (nSPS) is 28.8. The molecule has 1 aromatic rings. The number of benzene rings is 1. The second-order valence-corrected chi connectivity index (χ2v) is 4.80. The predicted molar refractivity (Wildman–Crippen MR) is 65.5 cm³/mol. The van der Waals surface area contributed by atoms with E-state index in [0.29, 0.717) is 0 Å². The van der Waals surface area contributed by atoms with Crippen molar-refractivity contribution in [3.63, 3.8) is 0 Å². The zero-order valence-electron chi connectivity index (χ0n) is 9.78. The minimum atomic E-state index is -0.298. The highest BCUT2D eigenvalue weighted by Crippen LogP contribution is 2.25. The smallest absolute Gasteiger partial charge is 0.243 e. The lowest BCUT2D eigenvalue weighted by atomic mass is 9.86. The molecule has 2 aliphatic rings. The second-order valence-electron chi connectivity index (χ2n) is 4.80. The maximum absolute atomic E-state index is 11.8. The molecule has 2 fully saturated rings. The molecule has 4 nitrogen and oxygen atoms in total. The molecule has 3 rings (SSSR count). The molecule has 0 unspecified atom stereocenters. The van der Waals surface area contributed by atoms with Crippen LogP contribution in [0.3, 0.4) is 0 Å². The lowest BCUT2D eigenvalue weighted by molar-refractivity contribution is -0.146. The maximum Gasteiger partial charge on any atom is 0.243 e. The summed E-state index contributed by atoms with van der Waals surface area (Å²) in [4.78, 5) is 14.1. The SMILES string of the molecule is O=C1NC[C@@]12CNCCN2Cc1ccccc1. The van der Waals surface area contributed by atoms with Gasteiger partial charge in [-0.05, 0) is 5.56 Å². The fourth-order valence-electron chi connectivity index (χ4n) is 2.63. The van der Waals surface area contributed by atoms with Gasteiger partial charge in [-0.2, -0.15) is 0 Å². The largest absolute Gasteiger partial charge is 0.352 e. The van der Waals surface area contributed by atoms with Gasteiger partial charge in [-0.3, -0.25) is 9.69 Å². The first-order chi connectivity index (χ1) is 8.31. The Labute approximate surface area is 101 Å². The third-order valence-corrected chi connectivity index (χ3v) is 3.76. The summed E-state index contributed by atoms with van der Waals surface area (Å²) in [6.45, 7) is 4.29. The molecule has 2 N–H and O–H groups in total.